The molecule has 1 atom stereocenters. The summed E-state index contributed by atoms with van der Waals surface area (Å²) in [5.74, 6) is 1.48. The Bertz CT molecular complexity index is 720. The molecule has 1 unspecified atom stereocenters. The zero-order valence-corrected chi connectivity index (χ0v) is 14.4. The molecule has 0 bridgehead atoms. The summed E-state index contributed by atoms with van der Waals surface area (Å²) in [7, 11) is 0. The van der Waals surface area contributed by atoms with E-state index in [0.717, 1.165) is 17.7 Å². The normalized spacial score (nSPS) is 16.5. The highest BCUT2D eigenvalue weighted by molar-refractivity contribution is 7.99. The van der Waals surface area contributed by atoms with Crippen LogP contribution in [-0.4, -0.2) is 18.3 Å². The van der Waals surface area contributed by atoms with E-state index in [9.17, 15) is 4.79 Å². The van der Waals surface area contributed by atoms with E-state index in [-0.39, 0.29) is 11.9 Å². The Morgan fingerprint density at radius 2 is 2.17 bits per heavy atom. The second-order valence-corrected chi connectivity index (χ2v) is 6.85. The minimum atomic E-state index is -0.114. The van der Waals surface area contributed by atoms with Crippen molar-refractivity contribution in [2.24, 2.45) is 0 Å². The number of benzene rings is 2. The molecule has 1 heterocycles. The van der Waals surface area contributed by atoms with Crippen molar-refractivity contribution < 1.29 is 9.53 Å². The zero-order chi connectivity index (χ0) is 16.2. The number of halogens is 1. The molecule has 2 aromatic carbocycles. The highest BCUT2D eigenvalue weighted by Crippen LogP contribution is 2.37. The SMILES string of the molecule is CCOc1ccccc1C(=O)NC1CCSc2ccc(Cl)cc21. The Morgan fingerprint density at radius 1 is 1.35 bits per heavy atom. The van der Waals surface area contributed by atoms with Gasteiger partial charge in [-0.1, -0.05) is 23.7 Å². The molecule has 3 nitrogen and oxygen atoms in total. The van der Waals surface area contributed by atoms with E-state index in [1.165, 1.54) is 4.90 Å². The standard InChI is InChI=1S/C18H18ClNO2S/c1-2-22-16-6-4-3-5-13(16)18(21)20-15-9-10-23-17-8-7-12(19)11-14(15)17/h3-8,11,15H,2,9-10H2,1H3,(H,20,21). The molecule has 0 radical (unpaired) electrons. The Labute approximate surface area is 145 Å². The first-order valence-corrected chi connectivity index (χ1v) is 9.00. The predicted octanol–water partition coefficient (Wildman–Crippen LogP) is 4.71. The number of hydrogen-bond donors (Lipinski definition) is 1. The Kier molecular flexibility index (Phi) is 5.13. The maximum Gasteiger partial charge on any atom is 0.255 e. The van der Waals surface area contributed by atoms with Crippen LogP contribution < -0.4 is 10.1 Å². The molecule has 120 valence electrons. The van der Waals surface area contributed by atoms with Crippen LogP contribution in [-0.2, 0) is 0 Å². The van der Waals surface area contributed by atoms with Gasteiger partial charge in [0, 0.05) is 15.7 Å². The third-order valence-electron chi connectivity index (χ3n) is 3.75. The van der Waals surface area contributed by atoms with E-state index in [1.54, 1.807) is 17.8 Å². The van der Waals surface area contributed by atoms with Crippen molar-refractivity contribution in [2.75, 3.05) is 12.4 Å². The van der Waals surface area contributed by atoms with Gasteiger partial charge in [-0.05, 0) is 49.2 Å². The largest absolute Gasteiger partial charge is 0.493 e. The van der Waals surface area contributed by atoms with Crippen LogP contribution in [0.5, 0.6) is 5.75 Å². The molecular weight excluding hydrogens is 330 g/mol. The number of fused-ring (bicyclic) bond motifs is 1. The minimum Gasteiger partial charge on any atom is -0.493 e. The minimum absolute atomic E-state index is 0.0212. The van der Waals surface area contributed by atoms with Crippen LogP contribution in [0.15, 0.2) is 47.4 Å². The van der Waals surface area contributed by atoms with Crippen molar-refractivity contribution >= 4 is 29.3 Å². The number of para-hydroxylation sites is 1. The molecule has 0 aliphatic carbocycles. The number of hydrogen-bond acceptors (Lipinski definition) is 3. The van der Waals surface area contributed by atoms with Crippen LogP contribution in [0.25, 0.3) is 0 Å². The van der Waals surface area contributed by atoms with Crippen molar-refractivity contribution in [2.45, 2.75) is 24.3 Å². The van der Waals surface area contributed by atoms with Crippen LogP contribution in [0.4, 0.5) is 0 Å². The molecular formula is C18H18ClNO2S. The average Bonchev–Trinajstić information content (AvgIpc) is 2.56. The first-order chi connectivity index (χ1) is 11.2. The molecule has 0 aromatic heterocycles. The molecule has 23 heavy (non-hydrogen) atoms. The lowest BCUT2D eigenvalue weighted by molar-refractivity contribution is 0.0931. The summed E-state index contributed by atoms with van der Waals surface area (Å²) in [6.45, 7) is 2.44. The van der Waals surface area contributed by atoms with E-state index < -0.39 is 0 Å². The van der Waals surface area contributed by atoms with Gasteiger partial charge in [0.25, 0.3) is 5.91 Å². The molecule has 0 saturated carbocycles. The molecule has 0 spiro atoms. The van der Waals surface area contributed by atoms with Crippen molar-refractivity contribution in [3.63, 3.8) is 0 Å². The van der Waals surface area contributed by atoms with Crippen LogP contribution in [0.3, 0.4) is 0 Å². The molecule has 1 aliphatic heterocycles. The molecule has 0 fully saturated rings. The molecule has 3 rings (SSSR count). The average molecular weight is 348 g/mol. The van der Waals surface area contributed by atoms with Gasteiger partial charge >= 0.3 is 0 Å². The van der Waals surface area contributed by atoms with E-state index >= 15 is 0 Å². The number of nitrogens with one attached hydrogen (secondary N) is 1. The second-order valence-electron chi connectivity index (χ2n) is 5.27. The molecule has 0 saturated heterocycles. The number of ether oxygens (including phenoxy) is 1. The van der Waals surface area contributed by atoms with Crippen molar-refractivity contribution in [1.29, 1.82) is 0 Å². The smallest absolute Gasteiger partial charge is 0.255 e. The first kappa shape index (κ1) is 16.2. The summed E-state index contributed by atoms with van der Waals surface area (Å²) in [6.07, 6.45) is 0.889. The predicted molar refractivity (Wildman–Crippen MR) is 94.6 cm³/mol. The van der Waals surface area contributed by atoms with Crippen molar-refractivity contribution in [1.82, 2.24) is 5.32 Å². The van der Waals surface area contributed by atoms with E-state index in [1.807, 2.05) is 43.3 Å². The summed E-state index contributed by atoms with van der Waals surface area (Å²) in [6, 6.07) is 13.2. The summed E-state index contributed by atoms with van der Waals surface area (Å²) in [5.41, 5.74) is 1.66. The summed E-state index contributed by atoms with van der Waals surface area (Å²) in [4.78, 5) is 13.9. The fraction of sp³-hybridized carbons (Fsp3) is 0.278. The highest BCUT2D eigenvalue weighted by atomic mass is 35.5. The van der Waals surface area contributed by atoms with Crippen LogP contribution >= 0.6 is 23.4 Å². The van der Waals surface area contributed by atoms with Gasteiger partial charge in [-0.15, -0.1) is 11.8 Å². The van der Waals surface area contributed by atoms with Crippen molar-refractivity contribution in [3.8, 4) is 5.75 Å². The van der Waals surface area contributed by atoms with E-state index in [2.05, 4.69) is 5.32 Å². The highest BCUT2D eigenvalue weighted by Gasteiger charge is 2.24. The van der Waals surface area contributed by atoms with Gasteiger partial charge in [-0.2, -0.15) is 0 Å². The van der Waals surface area contributed by atoms with Gasteiger partial charge in [-0.3, -0.25) is 4.79 Å². The molecule has 1 aliphatic rings. The quantitative estimate of drug-likeness (QED) is 0.870. The lowest BCUT2D eigenvalue weighted by Gasteiger charge is -2.26. The molecule has 1 N–H and O–H groups in total. The fourth-order valence-corrected chi connectivity index (χ4v) is 3.97. The Hall–Kier alpha value is -1.65. The number of thioether (sulfide) groups is 1. The van der Waals surface area contributed by atoms with Gasteiger partial charge < -0.3 is 10.1 Å². The monoisotopic (exact) mass is 347 g/mol. The third kappa shape index (κ3) is 3.65. The van der Waals surface area contributed by atoms with Gasteiger partial charge in [0.1, 0.15) is 5.75 Å². The van der Waals surface area contributed by atoms with Gasteiger partial charge in [-0.25, -0.2) is 0 Å². The molecule has 2 aromatic rings. The summed E-state index contributed by atoms with van der Waals surface area (Å²) >= 11 is 7.92. The number of carbonyl (C=O) groups excluding carboxylic acids is 1. The molecule has 5 heteroatoms. The van der Waals surface area contributed by atoms with Gasteiger partial charge in [0.15, 0.2) is 0 Å². The first-order valence-electron chi connectivity index (χ1n) is 7.64. The summed E-state index contributed by atoms with van der Waals surface area (Å²) in [5, 5.41) is 3.82. The van der Waals surface area contributed by atoms with Crippen LogP contribution in [0.1, 0.15) is 35.3 Å². The zero-order valence-electron chi connectivity index (χ0n) is 12.8. The van der Waals surface area contributed by atoms with E-state index in [0.29, 0.717) is 22.9 Å². The van der Waals surface area contributed by atoms with E-state index in [4.69, 9.17) is 16.3 Å². The lowest BCUT2D eigenvalue weighted by atomic mass is 10.0. The topological polar surface area (TPSA) is 38.3 Å². The Morgan fingerprint density at radius 3 is 3.00 bits per heavy atom. The third-order valence-corrected chi connectivity index (χ3v) is 5.11. The Balaban J connectivity index is 1.83. The van der Waals surface area contributed by atoms with Gasteiger partial charge in [0.05, 0.1) is 18.2 Å². The van der Waals surface area contributed by atoms with Crippen LogP contribution in [0, 0.1) is 0 Å². The fourth-order valence-electron chi connectivity index (χ4n) is 2.69. The van der Waals surface area contributed by atoms with Crippen molar-refractivity contribution in [3.05, 3.63) is 58.6 Å². The lowest BCUT2D eigenvalue weighted by Crippen LogP contribution is -2.31. The van der Waals surface area contributed by atoms with Crippen LogP contribution in [0.2, 0.25) is 5.02 Å². The number of amides is 1. The number of carbonyl (C=O) groups is 1. The van der Waals surface area contributed by atoms with Gasteiger partial charge in [0.2, 0.25) is 0 Å². The maximum atomic E-state index is 12.7. The second kappa shape index (κ2) is 7.28. The summed E-state index contributed by atoms with van der Waals surface area (Å²) < 4.78 is 5.55. The molecule has 1 amide bonds. The number of rotatable bonds is 4. The maximum absolute atomic E-state index is 12.7.